The number of rotatable bonds is 9. The molecule has 130 valence electrons. The van der Waals surface area contributed by atoms with E-state index in [2.05, 4.69) is 0 Å². The summed E-state index contributed by atoms with van der Waals surface area (Å²) in [5, 5.41) is 8.93. The van der Waals surface area contributed by atoms with Crippen molar-refractivity contribution in [3.8, 4) is 6.07 Å². The van der Waals surface area contributed by atoms with E-state index in [0.29, 0.717) is 23.6 Å². The van der Waals surface area contributed by atoms with Crippen LogP contribution in [-0.2, 0) is 25.3 Å². The van der Waals surface area contributed by atoms with Crippen LogP contribution in [0.4, 0.5) is 0 Å². The number of sulfonamides is 1. The third kappa shape index (κ3) is 5.62. The molecule has 0 unspecified atom stereocenters. The molecule has 0 atom stereocenters. The van der Waals surface area contributed by atoms with Crippen LogP contribution >= 0.6 is 0 Å². The number of carbonyl (C=O) groups excluding carboxylic acids is 1. The Kier molecular flexibility index (Phi) is 6.35. The van der Waals surface area contributed by atoms with E-state index >= 15 is 0 Å². The Morgan fingerprint density at radius 2 is 2.17 bits per heavy atom. The lowest BCUT2D eigenvalue weighted by molar-refractivity contribution is -0.143. The van der Waals surface area contributed by atoms with Crippen LogP contribution in [0.15, 0.2) is 24.3 Å². The summed E-state index contributed by atoms with van der Waals surface area (Å²) in [5.74, 6) is -0.176. The van der Waals surface area contributed by atoms with Crippen LogP contribution < -0.4 is 0 Å². The normalized spacial score (nSPS) is 14.4. The zero-order valence-corrected chi connectivity index (χ0v) is 14.6. The smallest absolute Gasteiger partial charge is 0.307 e. The monoisotopic (exact) mass is 350 g/mol. The molecule has 24 heavy (non-hydrogen) atoms. The predicted octanol–water partition coefficient (Wildman–Crippen LogP) is 2.05. The van der Waals surface area contributed by atoms with Gasteiger partial charge in [0, 0.05) is 13.1 Å². The third-order valence-electron chi connectivity index (χ3n) is 3.83. The van der Waals surface area contributed by atoms with Crippen molar-refractivity contribution in [2.24, 2.45) is 5.92 Å². The number of ether oxygens (including phenoxy) is 1. The van der Waals surface area contributed by atoms with Gasteiger partial charge in [-0.1, -0.05) is 12.1 Å². The lowest BCUT2D eigenvalue weighted by atomic mass is 10.2. The topological polar surface area (TPSA) is 87.5 Å². The van der Waals surface area contributed by atoms with Crippen LogP contribution in [0, 0.1) is 17.2 Å². The number of esters is 1. The number of nitrogens with zero attached hydrogens (tertiary/aromatic N) is 2. The number of benzene rings is 1. The number of nitriles is 1. The van der Waals surface area contributed by atoms with Crippen molar-refractivity contribution in [2.45, 2.75) is 31.9 Å². The fraction of sp³-hybridized carbons (Fsp3) is 0.529. The lowest BCUT2D eigenvalue weighted by Crippen LogP contribution is -2.36. The van der Waals surface area contributed by atoms with Gasteiger partial charge in [-0.2, -0.15) is 5.26 Å². The van der Waals surface area contributed by atoms with Gasteiger partial charge in [-0.15, -0.1) is 0 Å². The molecule has 0 aromatic heterocycles. The van der Waals surface area contributed by atoms with E-state index in [9.17, 15) is 13.2 Å². The molecule has 0 aliphatic heterocycles. The largest absolute Gasteiger partial charge is 0.466 e. The van der Waals surface area contributed by atoms with Crippen molar-refractivity contribution >= 4 is 16.0 Å². The highest BCUT2D eigenvalue weighted by Gasteiger charge is 2.31. The molecule has 0 amide bonds. The van der Waals surface area contributed by atoms with Gasteiger partial charge in [0.25, 0.3) is 0 Å². The molecular formula is C17H22N2O4S. The van der Waals surface area contributed by atoms with Gasteiger partial charge in [0.05, 0.1) is 30.4 Å². The minimum absolute atomic E-state index is 0.0536. The highest BCUT2D eigenvalue weighted by molar-refractivity contribution is 7.88. The third-order valence-corrected chi connectivity index (χ3v) is 5.64. The van der Waals surface area contributed by atoms with Gasteiger partial charge in [-0.25, -0.2) is 12.7 Å². The molecule has 2 rings (SSSR count). The van der Waals surface area contributed by atoms with Gasteiger partial charge in [0.15, 0.2) is 0 Å². The molecule has 1 aromatic rings. The van der Waals surface area contributed by atoms with Crippen LogP contribution in [0.1, 0.15) is 37.3 Å². The lowest BCUT2D eigenvalue weighted by Gasteiger charge is -2.22. The summed E-state index contributed by atoms with van der Waals surface area (Å²) in [6.07, 6.45) is 2.10. The van der Waals surface area contributed by atoms with Gasteiger partial charge >= 0.3 is 5.97 Å². The molecule has 0 spiro atoms. The van der Waals surface area contributed by atoms with Crippen molar-refractivity contribution in [3.63, 3.8) is 0 Å². The molecule has 0 radical (unpaired) electrons. The molecule has 1 aliphatic rings. The van der Waals surface area contributed by atoms with Crippen LogP contribution in [0.2, 0.25) is 0 Å². The molecule has 1 fully saturated rings. The Morgan fingerprint density at radius 1 is 1.42 bits per heavy atom. The second-order valence-corrected chi connectivity index (χ2v) is 7.89. The maximum atomic E-state index is 12.7. The van der Waals surface area contributed by atoms with E-state index in [0.717, 1.165) is 12.8 Å². The second-order valence-electron chi connectivity index (χ2n) is 5.92. The highest BCUT2D eigenvalue weighted by atomic mass is 32.2. The van der Waals surface area contributed by atoms with E-state index in [1.807, 2.05) is 6.07 Å². The van der Waals surface area contributed by atoms with Crippen molar-refractivity contribution in [1.29, 1.82) is 5.26 Å². The molecule has 0 N–H and O–H groups in total. The Bertz CT molecular complexity index is 720. The van der Waals surface area contributed by atoms with Crippen LogP contribution in [0.25, 0.3) is 0 Å². The van der Waals surface area contributed by atoms with E-state index in [1.54, 1.807) is 31.2 Å². The maximum absolute atomic E-state index is 12.7. The maximum Gasteiger partial charge on any atom is 0.307 e. The summed E-state index contributed by atoms with van der Waals surface area (Å²) in [7, 11) is -3.55. The molecule has 0 heterocycles. The van der Waals surface area contributed by atoms with Gasteiger partial charge < -0.3 is 4.74 Å². The molecule has 6 nitrogen and oxygen atoms in total. The molecule has 1 aromatic carbocycles. The SMILES string of the molecule is CCOC(=O)CCN(CC1CC1)S(=O)(=O)Cc1cccc(C#N)c1. The number of carbonyl (C=O) groups is 1. The summed E-state index contributed by atoms with van der Waals surface area (Å²) >= 11 is 0. The minimum Gasteiger partial charge on any atom is -0.466 e. The van der Waals surface area contributed by atoms with Crippen molar-refractivity contribution < 1.29 is 17.9 Å². The minimum atomic E-state index is -3.55. The zero-order valence-electron chi connectivity index (χ0n) is 13.8. The molecule has 0 bridgehead atoms. The first-order valence-electron chi connectivity index (χ1n) is 8.07. The standard InChI is InChI=1S/C17H22N2O4S/c1-2-23-17(20)8-9-19(12-14-6-7-14)24(21,22)13-16-5-3-4-15(10-16)11-18/h3-5,10,14H,2,6-9,12-13H2,1H3. The van der Waals surface area contributed by atoms with E-state index in [-0.39, 0.29) is 31.3 Å². The summed E-state index contributed by atoms with van der Waals surface area (Å²) in [6.45, 7) is 2.59. The summed E-state index contributed by atoms with van der Waals surface area (Å²) in [4.78, 5) is 11.5. The number of hydrogen-bond donors (Lipinski definition) is 0. The Hall–Kier alpha value is -1.91. The average Bonchev–Trinajstić information content (AvgIpc) is 3.35. The van der Waals surface area contributed by atoms with Gasteiger partial charge in [-0.3, -0.25) is 4.79 Å². The van der Waals surface area contributed by atoms with Gasteiger partial charge in [0.2, 0.25) is 10.0 Å². The molecule has 0 saturated heterocycles. The first-order chi connectivity index (χ1) is 11.4. The van der Waals surface area contributed by atoms with Crippen LogP contribution in [0.5, 0.6) is 0 Å². The molecule has 1 aliphatic carbocycles. The van der Waals surface area contributed by atoms with Crippen molar-refractivity contribution in [1.82, 2.24) is 4.31 Å². The quantitative estimate of drug-likeness (QED) is 0.636. The Morgan fingerprint density at radius 3 is 2.79 bits per heavy atom. The molecule has 1 saturated carbocycles. The van der Waals surface area contributed by atoms with Crippen molar-refractivity contribution in [3.05, 3.63) is 35.4 Å². The second kappa shape index (κ2) is 8.27. The molecule has 7 heteroatoms. The highest BCUT2D eigenvalue weighted by Crippen LogP contribution is 2.31. The zero-order chi connectivity index (χ0) is 17.6. The molecular weight excluding hydrogens is 328 g/mol. The summed E-state index contributed by atoms with van der Waals surface area (Å²) in [5.41, 5.74) is 1.01. The number of hydrogen-bond acceptors (Lipinski definition) is 5. The van der Waals surface area contributed by atoms with E-state index in [1.165, 1.54) is 4.31 Å². The fourth-order valence-electron chi connectivity index (χ4n) is 2.41. The van der Waals surface area contributed by atoms with Gasteiger partial charge in [0.1, 0.15) is 0 Å². The van der Waals surface area contributed by atoms with Crippen molar-refractivity contribution in [2.75, 3.05) is 19.7 Å². The van der Waals surface area contributed by atoms with Gasteiger partial charge in [-0.05, 0) is 43.4 Å². The fourth-order valence-corrected chi connectivity index (χ4v) is 4.00. The van der Waals surface area contributed by atoms with Crippen LogP contribution in [0.3, 0.4) is 0 Å². The van der Waals surface area contributed by atoms with E-state index in [4.69, 9.17) is 10.00 Å². The first-order valence-corrected chi connectivity index (χ1v) is 9.68. The predicted molar refractivity (Wildman–Crippen MR) is 89.3 cm³/mol. The van der Waals surface area contributed by atoms with E-state index < -0.39 is 10.0 Å². The summed E-state index contributed by atoms with van der Waals surface area (Å²) in [6, 6.07) is 8.60. The van der Waals surface area contributed by atoms with Crippen LogP contribution in [-0.4, -0.2) is 38.4 Å². The Labute approximate surface area is 143 Å². The average molecular weight is 350 g/mol. The first kappa shape index (κ1) is 18.4. The Balaban J connectivity index is 2.07. The summed E-state index contributed by atoms with van der Waals surface area (Å²) < 4.78 is 31.7.